The van der Waals surface area contributed by atoms with Crippen LogP contribution in [0.2, 0.25) is 0 Å². The number of nitrogens with one attached hydrogen (secondary N) is 1. The van der Waals surface area contributed by atoms with Crippen molar-refractivity contribution >= 4 is 39.4 Å². The van der Waals surface area contributed by atoms with Crippen LogP contribution in [0.4, 0.5) is 0 Å². The molecule has 0 amide bonds. The van der Waals surface area contributed by atoms with Gasteiger partial charge in [-0.05, 0) is 18.2 Å². The Kier molecular flexibility index (Phi) is 6.53. The third kappa shape index (κ3) is 7.02. The van der Waals surface area contributed by atoms with Gasteiger partial charge in [0.1, 0.15) is 0 Å². The van der Waals surface area contributed by atoms with E-state index in [9.17, 15) is 18.0 Å². The lowest BCUT2D eigenvalue weighted by Gasteiger charge is -2.04. The minimum atomic E-state index is -3.56. The average molecular weight is 333 g/mol. The Labute approximate surface area is 126 Å². The van der Waals surface area contributed by atoms with Gasteiger partial charge in [-0.25, -0.2) is 17.9 Å². The van der Waals surface area contributed by atoms with Crippen molar-refractivity contribution in [3.8, 4) is 0 Å². The Bertz CT molecular complexity index is 632. The van der Waals surface area contributed by atoms with Crippen molar-refractivity contribution < 1.29 is 27.9 Å². The molecule has 1 aromatic heterocycles. The zero-order chi connectivity index (χ0) is 15.9. The van der Waals surface area contributed by atoms with Crippen LogP contribution in [-0.2, 0) is 30.9 Å². The van der Waals surface area contributed by atoms with Crippen molar-refractivity contribution in [2.75, 3.05) is 12.9 Å². The van der Waals surface area contributed by atoms with Crippen LogP contribution in [0.25, 0.3) is 6.08 Å². The fourth-order valence-corrected chi connectivity index (χ4v) is 3.21. The Hall–Kier alpha value is -1.71. The molecule has 0 radical (unpaired) electrons. The van der Waals surface area contributed by atoms with Crippen LogP contribution in [0.5, 0.6) is 0 Å². The molecule has 0 fully saturated rings. The lowest BCUT2D eigenvalue weighted by molar-refractivity contribution is -0.140. The summed E-state index contributed by atoms with van der Waals surface area (Å²) in [5.41, 5.74) is 0. The van der Waals surface area contributed by atoms with Gasteiger partial charge in [-0.1, -0.05) is 0 Å². The van der Waals surface area contributed by atoms with E-state index < -0.39 is 22.0 Å². The maximum Gasteiger partial charge on any atom is 0.328 e. The summed E-state index contributed by atoms with van der Waals surface area (Å²) >= 11 is 1.28. The molecule has 9 heteroatoms. The second kappa shape index (κ2) is 7.91. The molecule has 1 heterocycles. The van der Waals surface area contributed by atoms with Gasteiger partial charge in [-0.15, -0.1) is 11.3 Å². The lowest BCUT2D eigenvalue weighted by Crippen LogP contribution is -2.27. The molecule has 0 atom stereocenters. The molecule has 0 saturated heterocycles. The maximum absolute atomic E-state index is 11.6. The van der Waals surface area contributed by atoms with E-state index in [0.29, 0.717) is 4.88 Å². The zero-order valence-electron chi connectivity index (χ0n) is 11.2. The Morgan fingerprint density at radius 3 is 2.76 bits per heavy atom. The first-order chi connectivity index (χ1) is 9.82. The fraction of sp³-hybridized carbons (Fsp3) is 0.333. The highest BCUT2D eigenvalue weighted by Gasteiger charge is 2.13. The average Bonchev–Trinajstić information content (AvgIpc) is 2.88. The molecule has 7 nitrogen and oxygen atoms in total. The molecule has 2 N–H and O–H groups in total. The molecule has 0 aromatic carbocycles. The summed E-state index contributed by atoms with van der Waals surface area (Å²) < 4.78 is 30.0. The topological polar surface area (TPSA) is 110 Å². The normalized spacial score (nSPS) is 11.7. The molecule has 116 valence electrons. The van der Waals surface area contributed by atoms with Gasteiger partial charge in [-0.2, -0.15) is 0 Å². The molecule has 1 rings (SSSR count). The van der Waals surface area contributed by atoms with E-state index in [0.717, 1.165) is 11.0 Å². The molecule has 0 bridgehead atoms. The number of carbonyl (C=O) groups excluding carboxylic acids is 1. The Balaban J connectivity index is 2.51. The molecule has 0 unspecified atom stereocenters. The second-order valence-corrected chi connectivity index (χ2v) is 7.07. The predicted octanol–water partition coefficient (Wildman–Crippen LogP) is 0.828. The number of carboxylic acids is 1. The van der Waals surface area contributed by atoms with Crippen LogP contribution >= 0.6 is 11.3 Å². The molecular formula is C12H15NO6S2. The maximum atomic E-state index is 11.6. The van der Waals surface area contributed by atoms with E-state index >= 15 is 0 Å². The number of methoxy groups -OCH3 is 1. The van der Waals surface area contributed by atoms with Crippen molar-refractivity contribution in [1.29, 1.82) is 0 Å². The number of aliphatic carboxylic acids is 1. The van der Waals surface area contributed by atoms with Crippen LogP contribution in [0.3, 0.4) is 0 Å². The number of thiophene rings is 1. The summed E-state index contributed by atoms with van der Waals surface area (Å²) in [6.07, 6.45) is 2.24. The number of hydrogen-bond acceptors (Lipinski definition) is 6. The van der Waals surface area contributed by atoms with Gasteiger partial charge in [0.2, 0.25) is 10.0 Å². The molecule has 0 spiro atoms. The summed E-state index contributed by atoms with van der Waals surface area (Å²) in [5.74, 6) is -1.97. The molecule has 0 aliphatic heterocycles. The summed E-state index contributed by atoms with van der Waals surface area (Å²) in [4.78, 5) is 22.7. The molecule has 0 aliphatic carbocycles. The van der Waals surface area contributed by atoms with Gasteiger partial charge in [0.05, 0.1) is 19.3 Å². The first-order valence-corrected chi connectivity index (χ1v) is 8.33. The second-order valence-electron chi connectivity index (χ2n) is 3.94. The number of carboxylic acid groups (broad SMARTS) is 1. The lowest BCUT2D eigenvalue weighted by atomic mass is 10.4. The quantitative estimate of drug-likeness (QED) is 0.538. The molecular weight excluding hydrogens is 318 g/mol. The Morgan fingerprint density at radius 1 is 1.43 bits per heavy atom. The smallest absolute Gasteiger partial charge is 0.328 e. The van der Waals surface area contributed by atoms with Crippen LogP contribution in [0, 0.1) is 0 Å². The molecule has 0 aliphatic rings. The standard InChI is InChI=1S/C12H15NO6S2/c1-19-12(16)6-7-21(17,18)13-8-10-3-2-9(20-10)4-5-11(14)15/h2-5,13H,6-8H2,1H3,(H,14,15). The fourth-order valence-electron chi connectivity index (χ4n) is 1.31. The van der Waals surface area contributed by atoms with Crippen molar-refractivity contribution in [3.63, 3.8) is 0 Å². The van der Waals surface area contributed by atoms with E-state index in [1.54, 1.807) is 12.1 Å². The van der Waals surface area contributed by atoms with E-state index in [1.807, 2.05) is 0 Å². The zero-order valence-corrected chi connectivity index (χ0v) is 12.9. The van der Waals surface area contributed by atoms with E-state index in [1.165, 1.54) is 24.5 Å². The van der Waals surface area contributed by atoms with Gasteiger partial charge in [0, 0.05) is 22.4 Å². The third-order valence-corrected chi connectivity index (χ3v) is 4.72. The van der Waals surface area contributed by atoms with Crippen molar-refractivity contribution in [1.82, 2.24) is 4.72 Å². The number of carbonyl (C=O) groups is 2. The highest BCUT2D eigenvalue weighted by atomic mass is 32.2. The van der Waals surface area contributed by atoms with Crippen LogP contribution in [0.1, 0.15) is 16.2 Å². The molecule has 21 heavy (non-hydrogen) atoms. The van der Waals surface area contributed by atoms with Crippen molar-refractivity contribution in [2.45, 2.75) is 13.0 Å². The van der Waals surface area contributed by atoms with E-state index in [4.69, 9.17) is 5.11 Å². The molecule has 1 aromatic rings. The van der Waals surface area contributed by atoms with E-state index in [2.05, 4.69) is 9.46 Å². The third-order valence-electron chi connectivity index (χ3n) is 2.34. The monoisotopic (exact) mass is 333 g/mol. The van der Waals surface area contributed by atoms with Crippen molar-refractivity contribution in [3.05, 3.63) is 28.0 Å². The largest absolute Gasteiger partial charge is 0.478 e. The van der Waals surface area contributed by atoms with Gasteiger partial charge < -0.3 is 9.84 Å². The summed E-state index contributed by atoms with van der Waals surface area (Å²) in [6.45, 7) is 0.0923. The summed E-state index contributed by atoms with van der Waals surface area (Å²) in [6, 6.07) is 3.40. The number of esters is 1. The van der Waals surface area contributed by atoms with Crippen LogP contribution in [0.15, 0.2) is 18.2 Å². The van der Waals surface area contributed by atoms with Gasteiger partial charge >= 0.3 is 11.9 Å². The van der Waals surface area contributed by atoms with Crippen LogP contribution in [-0.4, -0.2) is 38.3 Å². The highest BCUT2D eigenvalue weighted by molar-refractivity contribution is 7.89. The number of sulfonamides is 1. The van der Waals surface area contributed by atoms with Gasteiger partial charge in [-0.3, -0.25) is 4.79 Å². The van der Waals surface area contributed by atoms with E-state index in [-0.39, 0.29) is 18.7 Å². The minimum absolute atomic E-state index is 0.0923. The van der Waals surface area contributed by atoms with Gasteiger partial charge in [0.15, 0.2) is 0 Å². The summed E-state index contributed by atoms with van der Waals surface area (Å²) in [5, 5.41) is 8.50. The number of hydrogen-bond donors (Lipinski definition) is 2. The predicted molar refractivity (Wildman–Crippen MR) is 78.2 cm³/mol. The number of ether oxygens (including phenoxy) is 1. The molecule has 0 saturated carbocycles. The summed E-state index contributed by atoms with van der Waals surface area (Å²) in [7, 11) is -2.36. The highest BCUT2D eigenvalue weighted by Crippen LogP contribution is 2.18. The number of rotatable bonds is 8. The van der Waals surface area contributed by atoms with Crippen LogP contribution < -0.4 is 4.72 Å². The van der Waals surface area contributed by atoms with Crippen molar-refractivity contribution in [2.24, 2.45) is 0 Å². The Morgan fingerprint density at radius 2 is 2.14 bits per heavy atom. The minimum Gasteiger partial charge on any atom is -0.478 e. The SMILES string of the molecule is COC(=O)CCS(=O)(=O)NCc1ccc(C=CC(=O)O)s1. The first kappa shape index (κ1) is 17.3. The first-order valence-electron chi connectivity index (χ1n) is 5.86. The van der Waals surface area contributed by atoms with Gasteiger partial charge in [0.25, 0.3) is 0 Å².